The normalized spacial score (nSPS) is 14.4. The molecule has 1 aliphatic heterocycles. The van der Waals surface area contributed by atoms with Gasteiger partial charge in [0, 0.05) is 31.3 Å². The number of aryl methyl sites for hydroxylation is 1. The van der Waals surface area contributed by atoms with Crippen molar-refractivity contribution in [1.82, 2.24) is 13.7 Å². The number of nitrogens with zero attached hydrogens (tertiary/aromatic N) is 3. The van der Waals surface area contributed by atoms with Crippen LogP contribution in [0.4, 0.5) is 18.9 Å². The van der Waals surface area contributed by atoms with E-state index in [0.29, 0.717) is 17.1 Å². The predicted octanol–water partition coefficient (Wildman–Crippen LogP) is 4.63. The van der Waals surface area contributed by atoms with Crippen molar-refractivity contribution in [1.29, 1.82) is 0 Å². The molecule has 0 radical (unpaired) electrons. The second kappa shape index (κ2) is 7.74. The first-order chi connectivity index (χ1) is 17.3. The lowest BCUT2D eigenvalue weighted by Gasteiger charge is -2.31. The van der Waals surface area contributed by atoms with Crippen LogP contribution in [0.1, 0.15) is 17.3 Å². The van der Waals surface area contributed by atoms with Gasteiger partial charge in [0.1, 0.15) is 17.5 Å². The largest absolute Gasteiger partial charge is 0.371 e. The molecule has 1 aliphatic rings. The van der Waals surface area contributed by atoms with Crippen LogP contribution in [0.2, 0.25) is 0 Å². The maximum atomic E-state index is 15.3. The van der Waals surface area contributed by atoms with Gasteiger partial charge in [0.15, 0.2) is 0 Å². The topological polar surface area (TPSA) is 61.0 Å². The van der Waals surface area contributed by atoms with E-state index in [-0.39, 0.29) is 27.7 Å². The summed E-state index contributed by atoms with van der Waals surface area (Å²) in [4.78, 5) is 26.6. The molecule has 0 spiro atoms. The molecule has 0 fully saturated rings. The molecule has 5 aromatic rings. The fourth-order valence-electron chi connectivity index (χ4n) is 5.10. The summed E-state index contributed by atoms with van der Waals surface area (Å²) >= 11 is 0. The van der Waals surface area contributed by atoms with Crippen LogP contribution < -0.4 is 16.6 Å². The van der Waals surface area contributed by atoms with Gasteiger partial charge < -0.3 is 9.88 Å². The average Bonchev–Trinajstić information content (AvgIpc) is 3.23. The van der Waals surface area contributed by atoms with Crippen LogP contribution in [0, 0.1) is 17.5 Å². The second-order valence-corrected chi connectivity index (χ2v) is 8.74. The van der Waals surface area contributed by atoms with Crippen molar-refractivity contribution in [2.75, 3.05) is 5.32 Å². The molecular formula is C27H19F3N4O2. The number of aromatic nitrogens is 3. The Morgan fingerprint density at radius 2 is 1.56 bits per heavy atom. The first-order valence-electron chi connectivity index (χ1n) is 11.2. The van der Waals surface area contributed by atoms with E-state index >= 15 is 8.78 Å². The number of rotatable bonds is 2. The Hall–Kier alpha value is -4.53. The molecule has 2 aromatic heterocycles. The van der Waals surface area contributed by atoms with Gasteiger partial charge in [0.25, 0.3) is 5.56 Å². The third kappa shape index (κ3) is 2.92. The van der Waals surface area contributed by atoms with E-state index < -0.39 is 34.7 Å². The van der Waals surface area contributed by atoms with Crippen LogP contribution in [-0.4, -0.2) is 13.7 Å². The molecule has 0 bridgehead atoms. The number of halogens is 3. The summed E-state index contributed by atoms with van der Waals surface area (Å²) in [5.74, 6) is -2.09. The van der Waals surface area contributed by atoms with Crippen LogP contribution >= 0.6 is 0 Å². The van der Waals surface area contributed by atoms with Crippen molar-refractivity contribution in [3.8, 4) is 16.9 Å². The van der Waals surface area contributed by atoms with Gasteiger partial charge in [-0.15, -0.1) is 0 Å². The first-order valence-corrected chi connectivity index (χ1v) is 11.2. The SMILES string of the molecule is Cn1c(=O)c2c(-c3ccccc3F)n3c(c2n(C)c1=O)[C@@H](c1ccc(F)cc1F)Nc1ccccc1-3. The molecule has 0 unspecified atom stereocenters. The fraction of sp³-hybridized carbons (Fsp3) is 0.111. The van der Waals surface area contributed by atoms with E-state index in [1.807, 2.05) is 0 Å². The molecule has 9 heteroatoms. The highest BCUT2D eigenvalue weighted by atomic mass is 19.1. The lowest BCUT2D eigenvalue weighted by molar-refractivity contribution is 0.566. The van der Waals surface area contributed by atoms with E-state index in [9.17, 15) is 14.0 Å². The van der Waals surface area contributed by atoms with Gasteiger partial charge in [-0.2, -0.15) is 0 Å². The molecule has 0 saturated carbocycles. The van der Waals surface area contributed by atoms with Crippen molar-refractivity contribution in [2.24, 2.45) is 14.1 Å². The Morgan fingerprint density at radius 1 is 0.833 bits per heavy atom. The van der Waals surface area contributed by atoms with Gasteiger partial charge in [-0.05, 0) is 30.3 Å². The van der Waals surface area contributed by atoms with Crippen LogP contribution in [0.3, 0.4) is 0 Å². The zero-order valence-electron chi connectivity index (χ0n) is 19.2. The zero-order valence-corrected chi connectivity index (χ0v) is 19.2. The summed E-state index contributed by atoms with van der Waals surface area (Å²) in [5.41, 5.74) is 1.10. The summed E-state index contributed by atoms with van der Waals surface area (Å²) in [5, 5.41) is 3.40. The number of nitrogens with one attached hydrogen (secondary N) is 1. The number of hydrogen-bond donors (Lipinski definition) is 1. The highest BCUT2D eigenvalue weighted by molar-refractivity contribution is 5.99. The molecular weight excluding hydrogens is 469 g/mol. The van der Waals surface area contributed by atoms with E-state index in [1.165, 1.54) is 30.8 Å². The molecule has 36 heavy (non-hydrogen) atoms. The van der Waals surface area contributed by atoms with Crippen molar-refractivity contribution in [3.05, 3.63) is 116 Å². The summed E-state index contributed by atoms with van der Waals surface area (Å²) in [6.45, 7) is 0. The fourth-order valence-corrected chi connectivity index (χ4v) is 5.10. The Balaban J connectivity index is 1.89. The third-order valence-corrected chi connectivity index (χ3v) is 6.73. The van der Waals surface area contributed by atoms with Crippen molar-refractivity contribution >= 4 is 16.6 Å². The maximum Gasteiger partial charge on any atom is 0.331 e. The Bertz CT molecular complexity index is 1830. The van der Waals surface area contributed by atoms with Gasteiger partial charge >= 0.3 is 5.69 Å². The molecule has 3 heterocycles. The van der Waals surface area contributed by atoms with Gasteiger partial charge in [-0.25, -0.2) is 18.0 Å². The maximum absolute atomic E-state index is 15.3. The van der Waals surface area contributed by atoms with Gasteiger partial charge in [0.05, 0.1) is 39.7 Å². The molecule has 0 saturated heterocycles. The monoisotopic (exact) mass is 488 g/mol. The van der Waals surface area contributed by atoms with Gasteiger partial charge in [-0.3, -0.25) is 13.9 Å². The molecule has 6 rings (SSSR count). The molecule has 1 atom stereocenters. The number of fused-ring (bicyclic) bond motifs is 5. The average molecular weight is 488 g/mol. The minimum Gasteiger partial charge on any atom is -0.371 e. The summed E-state index contributed by atoms with van der Waals surface area (Å²) in [7, 11) is 2.86. The lowest BCUT2D eigenvalue weighted by atomic mass is 9.99. The molecule has 0 aliphatic carbocycles. The smallest absolute Gasteiger partial charge is 0.331 e. The Kier molecular flexibility index (Phi) is 4.72. The Morgan fingerprint density at radius 3 is 2.31 bits per heavy atom. The molecule has 3 aromatic carbocycles. The Labute approximate surface area is 202 Å². The van der Waals surface area contributed by atoms with Crippen LogP contribution in [0.25, 0.3) is 27.8 Å². The van der Waals surface area contributed by atoms with Crippen molar-refractivity contribution in [3.63, 3.8) is 0 Å². The summed E-state index contributed by atoms with van der Waals surface area (Å²) < 4.78 is 48.2. The number of benzene rings is 3. The first kappa shape index (κ1) is 22.0. The highest BCUT2D eigenvalue weighted by Crippen LogP contribution is 2.46. The highest BCUT2D eigenvalue weighted by Gasteiger charge is 2.36. The van der Waals surface area contributed by atoms with Crippen molar-refractivity contribution in [2.45, 2.75) is 6.04 Å². The number of hydrogen-bond acceptors (Lipinski definition) is 3. The van der Waals surface area contributed by atoms with E-state index in [4.69, 9.17) is 0 Å². The summed E-state index contributed by atoms with van der Waals surface area (Å²) in [6, 6.07) is 15.5. The zero-order chi connectivity index (χ0) is 25.3. The minimum atomic E-state index is -0.916. The predicted molar refractivity (Wildman–Crippen MR) is 131 cm³/mol. The molecule has 180 valence electrons. The standard InChI is InChI=1S/C27H19F3N4O2/c1-32-24-21(26(35)33(2)27(32)36)23(16-7-3-4-8-17(16)29)34-20-10-6-5-9-19(20)31-22(25(24)34)15-12-11-14(28)13-18(15)30/h3-13,22,31H,1-2H3/t22-/m1/s1. The molecule has 1 N–H and O–H groups in total. The van der Waals surface area contributed by atoms with Gasteiger partial charge in [-0.1, -0.05) is 30.3 Å². The summed E-state index contributed by atoms with van der Waals surface area (Å²) in [6.07, 6.45) is 0. The van der Waals surface area contributed by atoms with E-state index in [2.05, 4.69) is 5.32 Å². The third-order valence-electron chi connectivity index (χ3n) is 6.73. The van der Waals surface area contributed by atoms with Crippen LogP contribution in [-0.2, 0) is 14.1 Å². The molecule has 6 nitrogen and oxygen atoms in total. The number of para-hydroxylation sites is 2. The van der Waals surface area contributed by atoms with Gasteiger partial charge in [0.2, 0.25) is 0 Å². The van der Waals surface area contributed by atoms with Crippen LogP contribution in [0.5, 0.6) is 0 Å². The molecule has 0 amide bonds. The van der Waals surface area contributed by atoms with E-state index in [1.54, 1.807) is 47.0 Å². The lowest BCUT2D eigenvalue weighted by Crippen LogP contribution is -2.37. The number of anilines is 1. The minimum absolute atomic E-state index is 0.111. The quantitative estimate of drug-likeness (QED) is 0.394. The van der Waals surface area contributed by atoms with Crippen molar-refractivity contribution < 1.29 is 13.2 Å². The van der Waals surface area contributed by atoms with E-state index in [0.717, 1.165) is 16.7 Å². The van der Waals surface area contributed by atoms with Crippen LogP contribution in [0.15, 0.2) is 76.3 Å². The second-order valence-electron chi connectivity index (χ2n) is 8.74.